The van der Waals surface area contributed by atoms with Crippen LogP contribution in [0.15, 0.2) is 68.6 Å². The maximum absolute atomic E-state index is 12.5. The van der Waals surface area contributed by atoms with Gasteiger partial charge in [0.05, 0.1) is 10.7 Å². The molecule has 28 heavy (non-hydrogen) atoms. The Kier molecular flexibility index (Phi) is 6.70. The third-order valence-electron chi connectivity index (χ3n) is 4.13. The van der Waals surface area contributed by atoms with E-state index < -0.39 is 6.10 Å². The number of benzene rings is 3. The molecular formula is C21H18Br2N2O3. The molecule has 0 aliphatic carbocycles. The van der Waals surface area contributed by atoms with Crippen LogP contribution in [0.1, 0.15) is 18.9 Å². The predicted octanol–water partition coefficient (Wildman–Crippen LogP) is 5.38. The molecule has 144 valence electrons. The molecule has 0 aliphatic heterocycles. The Morgan fingerprint density at radius 2 is 2.00 bits per heavy atom. The third kappa shape index (κ3) is 4.72. The highest BCUT2D eigenvalue weighted by molar-refractivity contribution is 9.11. The van der Waals surface area contributed by atoms with Crippen molar-refractivity contribution in [2.75, 3.05) is 0 Å². The second kappa shape index (κ2) is 9.21. The summed E-state index contributed by atoms with van der Waals surface area (Å²) in [7, 11) is 0. The number of nitrogens with zero attached hydrogens (tertiary/aromatic N) is 1. The number of ether oxygens (including phenoxy) is 1. The zero-order chi connectivity index (χ0) is 20.1. The number of carbonyl (C=O) groups excluding carboxylic acids is 1. The fourth-order valence-corrected chi connectivity index (χ4v) is 3.61. The van der Waals surface area contributed by atoms with Gasteiger partial charge in [-0.05, 0) is 57.4 Å². The van der Waals surface area contributed by atoms with E-state index in [0.29, 0.717) is 17.7 Å². The van der Waals surface area contributed by atoms with Gasteiger partial charge in [-0.15, -0.1) is 0 Å². The van der Waals surface area contributed by atoms with E-state index >= 15 is 0 Å². The van der Waals surface area contributed by atoms with Gasteiger partial charge < -0.3 is 9.84 Å². The van der Waals surface area contributed by atoms with E-state index in [0.717, 1.165) is 19.7 Å². The monoisotopic (exact) mass is 504 g/mol. The van der Waals surface area contributed by atoms with E-state index in [2.05, 4.69) is 42.4 Å². The van der Waals surface area contributed by atoms with Crippen LogP contribution >= 0.6 is 31.9 Å². The van der Waals surface area contributed by atoms with Gasteiger partial charge in [-0.2, -0.15) is 5.10 Å². The minimum atomic E-state index is -0.703. The Morgan fingerprint density at radius 1 is 1.21 bits per heavy atom. The molecule has 5 nitrogen and oxygen atoms in total. The van der Waals surface area contributed by atoms with Gasteiger partial charge in [0.25, 0.3) is 5.91 Å². The fourth-order valence-electron chi connectivity index (χ4n) is 2.65. The van der Waals surface area contributed by atoms with Gasteiger partial charge in [0.1, 0.15) is 11.5 Å². The number of carbonyl (C=O) groups is 1. The number of halogens is 2. The van der Waals surface area contributed by atoms with Crippen molar-refractivity contribution in [1.29, 1.82) is 0 Å². The van der Waals surface area contributed by atoms with Crippen LogP contribution in [-0.4, -0.2) is 23.3 Å². The lowest BCUT2D eigenvalue weighted by Crippen LogP contribution is -2.35. The average molecular weight is 506 g/mol. The summed E-state index contributed by atoms with van der Waals surface area (Å²) in [5.74, 6) is 0.298. The SMILES string of the molecule is CCC(Oc1ccc2ccccc2c1Br)C(=O)NN=Cc1cc(Br)ccc1O. The smallest absolute Gasteiger partial charge is 0.281 e. The largest absolute Gasteiger partial charge is 0.507 e. The molecule has 0 saturated carbocycles. The number of nitrogens with one attached hydrogen (secondary N) is 1. The summed E-state index contributed by atoms with van der Waals surface area (Å²) in [5.41, 5.74) is 2.96. The van der Waals surface area contributed by atoms with Crippen molar-refractivity contribution in [2.45, 2.75) is 19.4 Å². The molecule has 7 heteroatoms. The zero-order valence-corrected chi connectivity index (χ0v) is 18.2. The van der Waals surface area contributed by atoms with E-state index in [-0.39, 0.29) is 11.7 Å². The van der Waals surface area contributed by atoms with E-state index in [1.165, 1.54) is 6.21 Å². The van der Waals surface area contributed by atoms with E-state index in [4.69, 9.17) is 4.74 Å². The molecule has 0 radical (unpaired) electrons. The minimum absolute atomic E-state index is 0.0737. The Labute approximate surface area is 179 Å². The van der Waals surface area contributed by atoms with Crippen molar-refractivity contribution in [3.05, 3.63) is 69.1 Å². The molecule has 0 aliphatic rings. The predicted molar refractivity (Wildman–Crippen MR) is 118 cm³/mol. The molecule has 0 bridgehead atoms. The minimum Gasteiger partial charge on any atom is -0.507 e. The molecule has 0 saturated heterocycles. The zero-order valence-electron chi connectivity index (χ0n) is 15.0. The lowest BCUT2D eigenvalue weighted by Gasteiger charge is -2.17. The number of phenolic OH excluding ortho intramolecular Hbond substituents is 1. The highest BCUT2D eigenvalue weighted by atomic mass is 79.9. The van der Waals surface area contributed by atoms with Gasteiger partial charge in [-0.3, -0.25) is 4.79 Å². The lowest BCUT2D eigenvalue weighted by atomic mass is 10.1. The summed E-state index contributed by atoms with van der Waals surface area (Å²) in [5, 5.41) is 15.8. The Balaban J connectivity index is 1.71. The second-order valence-electron chi connectivity index (χ2n) is 6.05. The van der Waals surface area contributed by atoms with Crippen molar-refractivity contribution in [1.82, 2.24) is 5.43 Å². The van der Waals surface area contributed by atoms with Crippen molar-refractivity contribution in [2.24, 2.45) is 5.10 Å². The van der Waals surface area contributed by atoms with Gasteiger partial charge in [-0.25, -0.2) is 5.43 Å². The summed E-state index contributed by atoms with van der Waals surface area (Å²) in [6.07, 6.45) is 1.16. The first kappa shape index (κ1) is 20.4. The molecular weight excluding hydrogens is 488 g/mol. The van der Waals surface area contributed by atoms with Crippen LogP contribution in [0.4, 0.5) is 0 Å². The molecule has 1 amide bonds. The van der Waals surface area contributed by atoms with Crippen molar-refractivity contribution in [3.8, 4) is 11.5 Å². The molecule has 3 aromatic carbocycles. The highest BCUT2D eigenvalue weighted by Gasteiger charge is 2.19. The number of hydrazone groups is 1. The molecule has 1 atom stereocenters. The summed E-state index contributed by atoms with van der Waals surface area (Å²) in [4.78, 5) is 12.5. The van der Waals surface area contributed by atoms with Crippen LogP contribution in [0, 0.1) is 0 Å². The maximum atomic E-state index is 12.5. The molecule has 2 N–H and O–H groups in total. The van der Waals surface area contributed by atoms with Crippen LogP contribution in [0.3, 0.4) is 0 Å². The Bertz CT molecular complexity index is 1040. The quantitative estimate of drug-likeness (QED) is 0.349. The van der Waals surface area contributed by atoms with Crippen LogP contribution in [0.2, 0.25) is 0 Å². The first-order chi connectivity index (χ1) is 13.5. The average Bonchev–Trinajstić information content (AvgIpc) is 2.70. The van der Waals surface area contributed by atoms with Crippen LogP contribution in [-0.2, 0) is 4.79 Å². The Hall–Kier alpha value is -2.38. The summed E-state index contributed by atoms with van der Waals surface area (Å²) >= 11 is 6.90. The molecule has 3 rings (SSSR count). The van der Waals surface area contributed by atoms with E-state index in [1.807, 2.05) is 43.3 Å². The number of amides is 1. The fraction of sp³-hybridized carbons (Fsp3) is 0.143. The number of hydrogen-bond donors (Lipinski definition) is 2. The molecule has 1 unspecified atom stereocenters. The third-order valence-corrected chi connectivity index (χ3v) is 5.44. The highest BCUT2D eigenvalue weighted by Crippen LogP contribution is 2.33. The first-order valence-electron chi connectivity index (χ1n) is 8.65. The first-order valence-corrected chi connectivity index (χ1v) is 10.2. The second-order valence-corrected chi connectivity index (χ2v) is 7.76. The molecule has 0 spiro atoms. The Morgan fingerprint density at radius 3 is 2.79 bits per heavy atom. The molecule has 0 heterocycles. The molecule has 0 aromatic heterocycles. The van der Waals surface area contributed by atoms with E-state index in [9.17, 15) is 9.90 Å². The molecule has 3 aromatic rings. The van der Waals surface area contributed by atoms with Gasteiger partial charge in [0.15, 0.2) is 6.10 Å². The summed E-state index contributed by atoms with van der Waals surface area (Å²) in [6.45, 7) is 1.86. The van der Waals surface area contributed by atoms with Crippen LogP contribution in [0.25, 0.3) is 10.8 Å². The van der Waals surface area contributed by atoms with Crippen molar-refractivity contribution >= 4 is 54.8 Å². The normalized spacial score (nSPS) is 12.2. The summed E-state index contributed by atoms with van der Waals surface area (Å²) < 4.78 is 7.53. The summed E-state index contributed by atoms with van der Waals surface area (Å²) in [6, 6.07) is 16.7. The van der Waals surface area contributed by atoms with Crippen molar-refractivity contribution < 1.29 is 14.6 Å². The van der Waals surface area contributed by atoms with Gasteiger partial charge in [0.2, 0.25) is 0 Å². The van der Waals surface area contributed by atoms with Crippen molar-refractivity contribution in [3.63, 3.8) is 0 Å². The maximum Gasteiger partial charge on any atom is 0.281 e. The van der Waals surface area contributed by atoms with Crippen LogP contribution < -0.4 is 10.2 Å². The van der Waals surface area contributed by atoms with Gasteiger partial charge in [-0.1, -0.05) is 53.2 Å². The standard InChI is InChI=1S/C21H18Br2N2O3/c1-2-18(21(27)25-24-12-14-11-15(22)8-9-17(14)26)28-19-10-7-13-5-3-4-6-16(13)20(19)23/h3-12,18,26H,2H2,1H3,(H,25,27). The number of phenols is 1. The lowest BCUT2D eigenvalue weighted by molar-refractivity contribution is -0.128. The number of fused-ring (bicyclic) bond motifs is 1. The van der Waals surface area contributed by atoms with Gasteiger partial charge in [0, 0.05) is 10.0 Å². The topological polar surface area (TPSA) is 70.9 Å². The molecule has 0 fully saturated rings. The number of aromatic hydroxyl groups is 1. The van der Waals surface area contributed by atoms with Crippen LogP contribution in [0.5, 0.6) is 11.5 Å². The number of rotatable bonds is 6. The van der Waals surface area contributed by atoms with E-state index in [1.54, 1.807) is 18.2 Å². The number of hydrogen-bond acceptors (Lipinski definition) is 4. The van der Waals surface area contributed by atoms with Gasteiger partial charge >= 0.3 is 0 Å².